The molecular weight excluding hydrogens is 282 g/mol. The molecular formula is C12H20ClN5O2. The van der Waals surface area contributed by atoms with Gasteiger partial charge in [-0.05, 0) is 46.5 Å². The van der Waals surface area contributed by atoms with Crippen molar-refractivity contribution in [2.45, 2.75) is 26.8 Å². The Morgan fingerprint density at radius 1 is 1.40 bits per heavy atom. The molecule has 1 heterocycles. The lowest BCUT2D eigenvalue weighted by molar-refractivity contribution is -0.385. The van der Waals surface area contributed by atoms with Crippen LogP contribution in [0.2, 0.25) is 5.28 Å². The molecule has 1 aromatic heterocycles. The maximum absolute atomic E-state index is 11.3. The van der Waals surface area contributed by atoms with Crippen LogP contribution >= 0.6 is 11.6 Å². The molecule has 0 spiro atoms. The van der Waals surface area contributed by atoms with Crippen LogP contribution in [0.5, 0.6) is 0 Å². The quantitative estimate of drug-likeness (QED) is 0.455. The summed E-state index contributed by atoms with van der Waals surface area (Å²) in [6, 6.07) is 0.0686. The summed E-state index contributed by atoms with van der Waals surface area (Å²) in [5.41, 5.74) is 0.197. The number of halogens is 1. The van der Waals surface area contributed by atoms with Crippen molar-refractivity contribution in [3.63, 3.8) is 0 Å². The van der Waals surface area contributed by atoms with Gasteiger partial charge in [-0.1, -0.05) is 0 Å². The van der Waals surface area contributed by atoms with Gasteiger partial charge in [-0.15, -0.1) is 0 Å². The molecule has 0 aromatic carbocycles. The van der Waals surface area contributed by atoms with Crippen LogP contribution < -0.4 is 4.90 Å². The van der Waals surface area contributed by atoms with Gasteiger partial charge in [0, 0.05) is 19.1 Å². The van der Waals surface area contributed by atoms with Crippen molar-refractivity contribution in [2.75, 3.05) is 32.1 Å². The van der Waals surface area contributed by atoms with Crippen LogP contribution in [0.4, 0.5) is 11.5 Å². The topological polar surface area (TPSA) is 75.4 Å². The molecule has 0 aliphatic heterocycles. The predicted octanol–water partition coefficient (Wildman–Crippen LogP) is 2.12. The predicted molar refractivity (Wildman–Crippen MR) is 79.5 cm³/mol. The van der Waals surface area contributed by atoms with Gasteiger partial charge in [-0.3, -0.25) is 10.1 Å². The molecule has 1 rings (SSSR count). The lowest BCUT2D eigenvalue weighted by Gasteiger charge is -2.30. The summed E-state index contributed by atoms with van der Waals surface area (Å²) < 4.78 is 0. The third-order valence-electron chi connectivity index (χ3n) is 2.97. The largest absolute Gasteiger partial charge is 0.347 e. The van der Waals surface area contributed by atoms with Crippen LogP contribution in [0, 0.1) is 17.0 Å². The van der Waals surface area contributed by atoms with Crippen LogP contribution in [-0.2, 0) is 0 Å². The summed E-state index contributed by atoms with van der Waals surface area (Å²) >= 11 is 5.86. The second kappa shape index (κ2) is 6.81. The summed E-state index contributed by atoms with van der Waals surface area (Å²) in [4.78, 5) is 22.7. The molecule has 20 heavy (non-hydrogen) atoms. The maximum atomic E-state index is 11.3. The van der Waals surface area contributed by atoms with Gasteiger partial charge in [0.05, 0.1) is 4.92 Å². The van der Waals surface area contributed by atoms with E-state index in [4.69, 9.17) is 11.6 Å². The minimum atomic E-state index is -0.452. The molecule has 112 valence electrons. The van der Waals surface area contributed by atoms with Gasteiger partial charge in [0.15, 0.2) is 0 Å². The van der Waals surface area contributed by atoms with Crippen molar-refractivity contribution >= 4 is 23.1 Å². The van der Waals surface area contributed by atoms with Gasteiger partial charge in [-0.25, -0.2) is 4.98 Å². The Hall–Kier alpha value is -1.47. The Labute approximate surface area is 123 Å². The zero-order valence-corrected chi connectivity index (χ0v) is 13.2. The van der Waals surface area contributed by atoms with Gasteiger partial charge in [0.2, 0.25) is 11.1 Å². The van der Waals surface area contributed by atoms with Crippen molar-refractivity contribution in [2.24, 2.45) is 0 Å². The number of nitro groups is 1. The van der Waals surface area contributed by atoms with Crippen molar-refractivity contribution in [1.29, 1.82) is 0 Å². The lowest BCUT2D eigenvalue weighted by Crippen LogP contribution is -2.41. The fraction of sp³-hybridized carbons (Fsp3) is 0.667. The van der Waals surface area contributed by atoms with Gasteiger partial charge < -0.3 is 9.80 Å². The van der Waals surface area contributed by atoms with Crippen LogP contribution in [0.3, 0.4) is 0 Å². The first-order valence-corrected chi connectivity index (χ1v) is 6.75. The monoisotopic (exact) mass is 301 g/mol. The summed E-state index contributed by atoms with van der Waals surface area (Å²) in [5, 5.41) is 11.3. The number of anilines is 1. The van der Waals surface area contributed by atoms with E-state index in [9.17, 15) is 10.1 Å². The van der Waals surface area contributed by atoms with E-state index in [1.807, 2.05) is 37.7 Å². The molecule has 1 atom stereocenters. The van der Waals surface area contributed by atoms with Gasteiger partial charge in [0.25, 0.3) is 0 Å². The molecule has 1 aromatic rings. The van der Waals surface area contributed by atoms with Gasteiger partial charge >= 0.3 is 5.69 Å². The minimum Gasteiger partial charge on any atom is -0.347 e. The molecule has 0 aliphatic carbocycles. The Kier molecular flexibility index (Phi) is 5.64. The zero-order chi connectivity index (χ0) is 15.4. The van der Waals surface area contributed by atoms with E-state index in [0.717, 1.165) is 6.54 Å². The van der Waals surface area contributed by atoms with E-state index < -0.39 is 4.92 Å². The smallest absolute Gasteiger partial charge is 0.332 e. The van der Waals surface area contributed by atoms with Crippen molar-refractivity contribution in [3.8, 4) is 0 Å². The Morgan fingerprint density at radius 2 is 2.00 bits per heavy atom. The molecule has 0 amide bonds. The third kappa shape index (κ3) is 3.77. The molecule has 0 bridgehead atoms. The highest BCUT2D eigenvalue weighted by atomic mass is 35.5. The second-order valence-electron chi connectivity index (χ2n) is 4.90. The molecule has 0 fully saturated rings. The number of hydrogen-bond acceptors (Lipinski definition) is 6. The van der Waals surface area contributed by atoms with Gasteiger partial charge in [0.1, 0.15) is 5.69 Å². The van der Waals surface area contributed by atoms with Crippen LogP contribution in [0.15, 0.2) is 0 Å². The number of nitrogens with zero attached hydrogens (tertiary/aromatic N) is 5. The molecule has 0 saturated carbocycles. The van der Waals surface area contributed by atoms with Crippen molar-refractivity contribution in [3.05, 3.63) is 21.1 Å². The number of aryl methyl sites for hydroxylation is 1. The highest BCUT2D eigenvalue weighted by molar-refractivity contribution is 6.28. The average molecular weight is 302 g/mol. The molecule has 7 nitrogen and oxygen atoms in total. The van der Waals surface area contributed by atoms with Gasteiger partial charge in [-0.2, -0.15) is 4.98 Å². The van der Waals surface area contributed by atoms with E-state index in [1.165, 1.54) is 0 Å². The fourth-order valence-electron chi connectivity index (χ4n) is 2.23. The van der Waals surface area contributed by atoms with E-state index >= 15 is 0 Å². The van der Waals surface area contributed by atoms with E-state index in [0.29, 0.717) is 6.54 Å². The third-order valence-corrected chi connectivity index (χ3v) is 3.14. The van der Waals surface area contributed by atoms with Crippen molar-refractivity contribution < 1.29 is 4.92 Å². The maximum Gasteiger partial charge on any atom is 0.332 e. The lowest BCUT2D eigenvalue weighted by atomic mass is 10.2. The Morgan fingerprint density at radius 3 is 2.45 bits per heavy atom. The average Bonchev–Trinajstić information content (AvgIpc) is 2.26. The molecule has 1 unspecified atom stereocenters. The first kappa shape index (κ1) is 16.6. The fourth-order valence-corrected chi connectivity index (χ4v) is 2.44. The molecule has 0 aliphatic rings. The van der Waals surface area contributed by atoms with Crippen LogP contribution in [-0.4, -0.2) is 53.0 Å². The summed E-state index contributed by atoms with van der Waals surface area (Å²) in [7, 11) is 3.91. The standard InChI is InChI=1S/C12H20ClN5O2/c1-6-17(8(2)7-16(4)5)11-10(18(19)20)9(3)14-12(13)15-11/h8H,6-7H2,1-5H3. The SMILES string of the molecule is CCN(c1nc(Cl)nc(C)c1[N+](=O)[O-])C(C)CN(C)C. The molecule has 0 radical (unpaired) electrons. The molecule has 0 N–H and O–H groups in total. The van der Waals surface area contributed by atoms with Crippen LogP contribution in [0.25, 0.3) is 0 Å². The zero-order valence-electron chi connectivity index (χ0n) is 12.4. The van der Waals surface area contributed by atoms with E-state index in [2.05, 4.69) is 9.97 Å². The molecule has 8 heteroatoms. The highest BCUT2D eigenvalue weighted by Crippen LogP contribution is 2.30. The normalized spacial score (nSPS) is 12.6. The highest BCUT2D eigenvalue weighted by Gasteiger charge is 2.28. The second-order valence-corrected chi connectivity index (χ2v) is 5.24. The minimum absolute atomic E-state index is 0.0265. The number of aromatic nitrogens is 2. The summed E-state index contributed by atoms with van der Waals surface area (Å²) in [6.07, 6.45) is 0. The number of rotatable bonds is 6. The summed E-state index contributed by atoms with van der Waals surface area (Å²) in [5.74, 6) is 0.282. The van der Waals surface area contributed by atoms with E-state index in [1.54, 1.807) is 6.92 Å². The van der Waals surface area contributed by atoms with Crippen LogP contribution in [0.1, 0.15) is 19.5 Å². The molecule has 0 saturated heterocycles. The van der Waals surface area contributed by atoms with Crippen molar-refractivity contribution in [1.82, 2.24) is 14.9 Å². The number of likely N-dealkylation sites (N-methyl/N-ethyl adjacent to an activating group) is 2. The number of hydrogen-bond donors (Lipinski definition) is 0. The summed E-state index contributed by atoms with van der Waals surface area (Å²) in [6.45, 7) is 6.85. The Balaban J connectivity index is 3.30. The van der Waals surface area contributed by atoms with E-state index in [-0.39, 0.29) is 28.5 Å². The first-order chi connectivity index (χ1) is 9.27. The first-order valence-electron chi connectivity index (χ1n) is 6.37. The Bertz CT molecular complexity index is 495.